The van der Waals surface area contributed by atoms with Gasteiger partial charge in [0.2, 0.25) is 5.91 Å². The maximum atomic E-state index is 11.3. The summed E-state index contributed by atoms with van der Waals surface area (Å²) in [6.45, 7) is 1.32. The van der Waals surface area contributed by atoms with E-state index in [-0.39, 0.29) is 12.5 Å². The van der Waals surface area contributed by atoms with Gasteiger partial charge in [0.05, 0.1) is 6.61 Å². The quantitative estimate of drug-likeness (QED) is 0.456. The molecule has 0 aromatic heterocycles. The van der Waals surface area contributed by atoms with Crippen molar-refractivity contribution in [2.75, 3.05) is 20.8 Å². The molecule has 0 bridgehead atoms. The Morgan fingerprint density at radius 3 is 2.29 bits per heavy atom. The fraction of sp³-hybridized carbons (Fsp3) is 0.667. The van der Waals surface area contributed by atoms with Gasteiger partial charge in [0, 0.05) is 14.2 Å². The van der Waals surface area contributed by atoms with Gasteiger partial charge in [-0.1, -0.05) is 0 Å². The molecule has 0 rings (SSSR count). The molecule has 0 saturated heterocycles. The highest BCUT2D eigenvalue weighted by Crippen LogP contribution is 1.87. The number of carboxylic acids is 1. The largest absolute Gasteiger partial charge is 0.480 e. The Hall–Kier alpha value is -1.83. The van der Waals surface area contributed by atoms with E-state index >= 15 is 0 Å². The normalized spacial score (nSPS) is 13.4. The molecule has 17 heavy (non-hydrogen) atoms. The van der Waals surface area contributed by atoms with Gasteiger partial charge in [0.1, 0.15) is 6.04 Å². The Morgan fingerprint density at radius 2 is 1.88 bits per heavy atom. The number of urea groups is 1. The Morgan fingerprint density at radius 1 is 1.29 bits per heavy atom. The van der Waals surface area contributed by atoms with Crippen molar-refractivity contribution in [2.24, 2.45) is 0 Å². The van der Waals surface area contributed by atoms with Gasteiger partial charge >= 0.3 is 12.0 Å². The lowest BCUT2D eigenvalue weighted by Gasteiger charge is -2.16. The summed E-state index contributed by atoms with van der Waals surface area (Å²) in [5, 5.41) is 15.6. The first-order valence-electron chi connectivity index (χ1n) is 4.92. The lowest BCUT2D eigenvalue weighted by atomic mass is 10.3. The third-order valence-corrected chi connectivity index (χ3v) is 1.92. The predicted molar refractivity (Wildman–Crippen MR) is 58.5 cm³/mol. The Labute approximate surface area is 98.7 Å². The van der Waals surface area contributed by atoms with Gasteiger partial charge in [-0.15, -0.1) is 0 Å². The van der Waals surface area contributed by atoms with Crippen molar-refractivity contribution in [3.63, 3.8) is 0 Å². The second kappa shape index (κ2) is 7.44. The number of carbonyl (C=O) groups excluding carboxylic acids is 2. The second-order valence-electron chi connectivity index (χ2n) is 3.30. The number of nitrogens with one attached hydrogen (secondary N) is 3. The summed E-state index contributed by atoms with van der Waals surface area (Å²) in [6.07, 6.45) is 0. The number of amides is 3. The van der Waals surface area contributed by atoms with Crippen LogP contribution < -0.4 is 16.0 Å². The van der Waals surface area contributed by atoms with Gasteiger partial charge in [-0.05, 0) is 6.92 Å². The zero-order valence-electron chi connectivity index (χ0n) is 9.94. The van der Waals surface area contributed by atoms with Crippen LogP contribution in [0.25, 0.3) is 0 Å². The van der Waals surface area contributed by atoms with E-state index in [1.807, 2.05) is 0 Å². The first-order chi connectivity index (χ1) is 7.92. The van der Waals surface area contributed by atoms with Crippen molar-refractivity contribution in [2.45, 2.75) is 19.0 Å². The van der Waals surface area contributed by atoms with E-state index < -0.39 is 24.1 Å². The smallest absolute Gasteiger partial charge is 0.328 e. The van der Waals surface area contributed by atoms with Crippen LogP contribution in [-0.4, -0.2) is 55.9 Å². The molecule has 0 aliphatic carbocycles. The summed E-state index contributed by atoms with van der Waals surface area (Å²) >= 11 is 0. The average Bonchev–Trinajstić information content (AvgIpc) is 2.26. The summed E-state index contributed by atoms with van der Waals surface area (Å²) < 4.78 is 4.64. The summed E-state index contributed by atoms with van der Waals surface area (Å²) in [5.41, 5.74) is 0. The predicted octanol–water partition coefficient (Wildman–Crippen LogP) is -1.48. The zero-order valence-corrected chi connectivity index (χ0v) is 9.94. The summed E-state index contributed by atoms with van der Waals surface area (Å²) in [6, 6.07) is -2.65. The standard InChI is InChI=1S/C9H17N3O5/c1-5(7(13)10-2)11-9(16)12-6(4-17-3)8(14)15/h5-6H,4H2,1-3H3,(H,10,13)(H,14,15)(H2,11,12,16). The van der Waals surface area contributed by atoms with Crippen molar-refractivity contribution >= 4 is 17.9 Å². The van der Waals surface area contributed by atoms with Crippen molar-refractivity contribution in [1.29, 1.82) is 0 Å². The molecule has 0 aliphatic rings. The molecule has 2 atom stereocenters. The summed E-state index contributed by atoms with van der Waals surface area (Å²) in [5.74, 6) is -1.59. The number of hydrogen-bond donors (Lipinski definition) is 4. The highest BCUT2D eigenvalue weighted by Gasteiger charge is 2.21. The number of ether oxygens (including phenoxy) is 1. The van der Waals surface area contributed by atoms with Crippen molar-refractivity contribution < 1.29 is 24.2 Å². The van der Waals surface area contributed by atoms with Gasteiger partial charge in [-0.3, -0.25) is 4.79 Å². The van der Waals surface area contributed by atoms with Crippen LogP contribution in [0.15, 0.2) is 0 Å². The van der Waals surface area contributed by atoms with E-state index in [1.165, 1.54) is 21.1 Å². The fourth-order valence-corrected chi connectivity index (χ4v) is 1.02. The number of carboxylic acid groups (broad SMARTS) is 1. The highest BCUT2D eigenvalue weighted by atomic mass is 16.5. The summed E-state index contributed by atoms with van der Waals surface area (Å²) in [7, 11) is 2.76. The molecule has 0 radical (unpaired) electrons. The van der Waals surface area contributed by atoms with E-state index in [0.717, 1.165) is 0 Å². The molecule has 0 aliphatic heterocycles. The number of carbonyl (C=O) groups is 3. The zero-order chi connectivity index (χ0) is 13.4. The highest BCUT2D eigenvalue weighted by molar-refractivity contribution is 5.88. The molecular weight excluding hydrogens is 230 g/mol. The third kappa shape index (κ3) is 5.71. The van der Waals surface area contributed by atoms with Gasteiger partial charge in [-0.25, -0.2) is 9.59 Å². The van der Waals surface area contributed by atoms with Crippen LogP contribution in [0, 0.1) is 0 Å². The van der Waals surface area contributed by atoms with Crippen molar-refractivity contribution in [1.82, 2.24) is 16.0 Å². The number of rotatable bonds is 6. The van der Waals surface area contributed by atoms with E-state index in [0.29, 0.717) is 0 Å². The second-order valence-corrected chi connectivity index (χ2v) is 3.30. The first-order valence-corrected chi connectivity index (χ1v) is 4.92. The van der Waals surface area contributed by atoms with E-state index in [1.54, 1.807) is 0 Å². The molecule has 0 spiro atoms. The molecule has 3 amide bonds. The molecule has 0 saturated carbocycles. The van der Waals surface area contributed by atoms with Crippen molar-refractivity contribution in [3.8, 4) is 0 Å². The minimum Gasteiger partial charge on any atom is -0.480 e. The van der Waals surface area contributed by atoms with E-state index in [9.17, 15) is 14.4 Å². The maximum Gasteiger partial charge on any atom is 0.328 e. The number of aliphatic carboxylic acids is 1. The Balaban J connectivity index is 4.23. The van der Waals surface area contributed by atoms with E-state index in [4.69, 9.17) is 5.11 Å². The average molecular weight is 247 g/mol. The molecule has 0 aromatic rings. The Bertz CT molecular complexity index is 294. The number of methoxy groups -OCH3 is 1. The molecule has 0 fully saturated rings. The summed E-state index contributed by atoms with van der Waals surface area (Å²) in [4.78, 5) is 33.1. The molecule has 0 heterocycles. The maximum absolute atomic E-state index is 11.3. The minimum absolute atomic E-state index is 0.156. The first kappa shape index (κ1) is 15.2. The lowest BCUT2D eigenvalue weighted by molar-refractivity contribution is -0.140. The van der Waals surface area contributed by atoms with Gasteiger partial charge in [-0.2, -0.15) is 0 Å². The fourth-order valence-electron chi connectivity index (χ4n) is 1.02. The molecule has 0 aromatic carbocycles. The van der Waals surface area contributed by atoms with Crippen LogP contribution in [0.1, 0.15) is 6.92 Å². The van der Waals surface area contributed by atoms with Crippen LogP contribution in [0.5, 0.6) is 0 Å². The topological polar surface area (TPSA) is 117 Å². The van der Waals surface area contributed by atoms with Gasteiger partial charge < -0.3 is 25.8 Å². The SMILES string of the molecule is CNC(=O)C(C)NC(=O)NC(COC)C(=O)O. The lowest BCUT2D eigenvalue weighted by Crippen LogP contribution is -2.53. The van der Waals surface area contributed by atoms with Crippen LogP contribution in [0.3, 0.4) is 0 Å². The van der Waals surface area contributed by atoms with Gasteiger partial charge in [0.15, 0.2) is 6.04 Å². The number of likely N-dealkylation sites (N-methyl/N-ethyl adjacent to an activating group) is 1. The minimum atomic E-state index is -1.21. The van der Waals surface area contributed by atoms with Crippen LogP contribution in [-0.2, 0) is 14.3 Å². The molecule has 2 unspecified atom stereocenters. The van der Waals surface area contributed by atoms with Crippen LogP contribution in [0.4, 0.5) is 4.79 Å². The molecule has 8 heteroatoms. The molecular formula is C9H17N3O5. The monoisotopic (exact) mass is 247 g/mol. The van der Waals surface area contributed by atoms with Crippen LogP contribution >= 0.6 is 0 Å². The Kier molecular flexibility index (Phi) is 6.64. The third-order valence-electron chi connectivity index (χ3n) is 1.92. The van der Waals surface area contributed by atoms with Gasteiger partial charge in [0.25, 0.3) is 0 Å². The molecule has 98 valence electrons. The van der Waals surface area contributed by atoms with E-state index in [2.05, 4.69) is 20.7 Å². The molecule has 4 N–H and O–H groups in total. The number of hydrogen-bond acceptors (Lipinski definition) is 4. The van der Waals surface area contributed by atoms with Crippen molar-refractivity contribution in [3.05, 3.63) is 0 Å². The van der Waals surface area contributed by atoms with Crippen LogP contribution in [0.2, 0.25) is 0 Å². The molecule has 8 nitrogen and oxygen atoms in total.